The molecule has 82 valence electrons. The van der Waals surface area contributed by atoms with Gasteiger partial charge in [0.25, 0.3) is 0 Å². The summed E-state index contributed by atoms with van der Waals surface area (Å²) < 4.78 is 31.3. The highest BCUT2D eigenvalue weighted by Gasteiger charge is 2.13. The summed E-state index contributed by atoms with van der Waals surface area (Å²) in [7, 11) is 0. The second-order valence-electron chi connectivity index (χ2n) is 3.16. The van der Waals surface area contributed by atoms with Gasteiger partial charge in [-0.15, -0.1) is 0 Å². The standard InChI is InChI=1S/C11H7F2NO2/c1-6(15)16-9-4-5-14-8-3-2-7(12)11(13)10(8)9/h2-5H,1H3. The van der Waals surface area contributed by atoms with E-state index in [1.54, 1.807) is 0 Å². The van der Waals surface area contributed by atoms with Crippen molar-refractivity contribution in [3.8, 4) is 5.75 Å². The van der Waals surface area contributed by atoms with Crippen LogP contribution >= 0.6 is 0 Å². The first-order chi connectivity index (χ1) is 7.59. The molecule has 0 radical (unpaired) electrons. The fraction of sp³-hybridized carbons (Fsp3) is 0.0909. The number of fused-ring (bicyclic) bond motifs is 1. The van der Waals surface area contributed by atoms with Crippen LogP contribution in [-0.2, 0) is 4.79 Å². The second kappa shape index (κ2) is 3.84. The van der Waals surface area contributed by atoms with Crippen LogP contribution in [0.4, 0.5) is 8.78 Å². The van der Waals surface area contributed by atoms with Gasteiger partial charge in [0, 0.05) is 19.2 Å². The van der Waals surface area contributed by atoms with Crippen molar-refractivity contribution in [3.05, 3.63) is 36.0 Å². The van der Waals surface area contributed by atoms with Gasteiger partial charge in [-0.25, -0.2) is 8.78 Å². The Morgan fingerprint density at radius 3 is 2.75 bits per heavy atom. The largest absolute Gasteiger partial charge is 0.426 e. The van der Waals surface area contributed by atoms with E-state index in [9.17, 15) is 13.6 Å². The molecule has 0 spiro atoms. The van der Waals surface area contributed by atoms with Gasteiger partial charge in [0.2, 0.25) is 0 Å². The number of hydrogen-bond donors (Lipinski definition) is 0. The highest BCUT2D eigenvalue weighted by molar-refractivity contribution is 5.87. The molecule has 0 unspecified atom stereocenters. The van der Waals surface area contributed by atoms with E-state index in [1.165, 1.54) is 25.3 Å². The van der Waals surface area contributed by atoms with Crippen LogP contribution < -0.4 is 4.74 Å². The van der Waals surface area contributed by atoms with Crippen molar-refractivity contribution in [3.63, 3.8) is 0 Å². The number of halogens is 2. The number of aromatic nitrogens is 1. The molecule has 0 N–H and O–H groups in total. The number of benzene rings is 1. The molecule has 1 heterocycles. The first kappa shape index (κ1) is 10.5. The molecule has 0 fully saturated rings. The third-order valence-electron chi connectivity index (χ3n) is 2.01. The summed E-state index contributed by atoms with van der Waals surface area (Å²) in [5.41, 5.74) is 0.234. The molecule has 0 atom stereocenters. The van der Waals surface area contributed by atoms with E-state index in [4.69, 9.17) is 4.74 Å². The van der Waals surface area contributed by atoms with E-state index in [1.807, 2.05) is 0 Å². The van der Waals surface area contributed by atoms with E-state index in [-0.39, 0.29) is 16.7 Å². The van der Waals surface area contributed by atoms with Gasteiger partial charge in [0.05, 0.1) is 10.9 Å². The molecule has 5 heteroatoms. The van der Waals surface area contributed by atoms with Crippen LogP contribution in [0.3, 0.4) is 0 Å². The van der Waals surface area contributed by atoms with Crippen molar-refractivity contribution in [1.29, 1.82) is 0 Å². The zero-order valence-electron chi connectivity index (χ0n) is 8.33. The summed E-state index contributed by atoms with van der Waals surface area (Å²) in [6.45, 7) is 1.18. The minimum absolute atomic E-state index is 0.0329. The van der Waals surface area contributed by atoms with Crippen LogP contribution in [0.25, 0.3) is 10.9 Å². The second-order valence-corrected chi connectivity index (χ2v) is 3.16. The van der Waals surface area contributed by atoms with E-state index in [2.05, 4.69) is 4.98 Å². The molecular weight excluding hydrogens is 216 g/mol. The van der Waals surface area contributed by atoms with Crippen molar-refractivity contribution in [2.75, 3.05) is 0 Å². The molecule has 0 saturated heterocycles. The summed E-state index contributed by atoms with van der Waals surface area (Å²) >= 11 is 0. The monoisotopic (exact) mass is 223 g/mol. The van der Waals surface area contributed by atoms with Crippen LogP contribution in [0.1, 0.15) is 6.92 Å². The Bertz CT molecular complexity index is 569. The summed E-state index contributed by atoms with van der Waals surface area (Å²) in [6, 6.07) is 3.61. The lowest BCUT2D eigenvalue weighted by atomic mass is 10.2. The molecule has 16 heavy (non-hydrogen) atoms. The summed E-state index contributed by atoms with van der Waals surface area (Å²) in [4.78, 5) is 14.6. The third kappa shape index (κ3) is 1.71. The molecule has 0 aliphatic rings. The fourth-order valence-corrected chi connectivity index (χ4v) is 1.39. The number of esters is 1. The molecule has 2 rings (SSSR count). The predicted octanol–water partition coefficient (Wildman–Crippen LogP) is 2.44. The number of pyridine rings is 1. The Hall–Kier alpha value is -2.04. The zero-order valence-corrected chi connectivity index (χ0v) is 8.33. The number of carbonyl (C=O) groups is 1. The van der Waals surface area contributed by atoms with Gasteiger partial charge in [-0.1, -0.05) is 0 Å². The van der Waals surface area contributed by atoms with E-state index in [0.717, 1.165) is 6.07 Å². The van der Waals surface area contributed by atoms with Crippen LogP contribution in [0.15, 0.2) is 24.4 Å². The Balaban J connectivity index is 2.74. The highest BCUT2D eigenvalue weighted by Crippen LogP contribution is 2.28. The van der Waals surface area contributed by atoms with E-state index >= 15 is 0 Å². The van der Waals surface area contributed by atoms with Crippen LogP contribution in [0.5, 0.6) is 5.75 Å². The predicted molar refractivity (Wildman–Crippen MR) is 53.0 cm³/mol. The maximum Gasteiger partial charge on any atom is 0.308 e. The van der Waals surface area contributed by atoms with E-state index < -0.39 is 17.6 Å². The number of nitrogens with zero attached hydrogens (tertiary/aromatic N) is 1. The summed E-state index contributed by atoms with van der Waals surface area (Å²) in [5.74, 6) is -2.71. The van der Waals surface area contributed by atoms with Crippen LogP contribution in [0, 0.1) is 11.6 Å². The van der Waals surface area contributed by atoms with E-state index in [0.29, 0.717) is 0 Å². The summed E-state index contributed by atoms with van der Waals surface area (Å²) in [6.07, 6.45) is 1.36. The van der Waals surface area contributed by atoms with Crippen molar-refractivity contribution in [1.82, 2.24) is 4.98 Å². The molecule has 2 aromatic rings. The Kier molecular flexibility index (Phi) is 2.52. The maximum absolute atomic E-state index is 13.5. The number of ether oxygens (including phenoxy) is 1. The normalized spacial score (nSPS) is 10.4. The molecule has 1 aromatic carbocycles. The van der Waals surface area contributed by atoms with Gasteiger partial charge in [0.1, 0.15) is 5.75 Å². The van der Waals surface area contributed by atoms with Gasteiger partial charge in [0.15, 0.2) is 11.6 Å². The number of rotatable bonds is 1. The lowest BCUT2D eigenvalue weighted by Gasteiger charge is -2.06. The van der Waals surface area contributed by atoms with Crippen molar-refractivity contribution >= 4 is 16.9 Å². The Labute approximate surface area is 89.7 Å². The molecule has 0 aliphatic heterocycles. The van der Waals surface area contributed by atoms with Gasteiger partial charge >= 0.3 is 5.97 Å². The molecule has 0 aliphatic carbocycles. The minimum Gasteiger partial charge on any atom is -0.426 e. The van der Waals surface area contributed by atoms with Crippen molar-refractivity contribution in [2.24, 2.45) is 0 Å². The van der Waals surface area contributed by atoms with Gasteiger partial charge in [-0.2, -0.15) is 0 Å². The van der Waals surface area contributed by atoms with Gasteiger partial charge in [-0.05, 0) is 12.1 Å². The average Bonchev–Trinajstić information content (AvgIpc) is 2.23. The lowest BCUT2D eigenvalue weighted by molar-refractivity contribution is -0.131. The van der Waals surface area contributed by atoms with Crippen LogP contribution in [-0.4, -0.2) is 11.0 Å². The number of carbonyl (C=O) groups excluding carboxylic acids is 1. The summed E-state index contributed by atoms with van der Waals surface area (Å²) in [5, 5.41) is -0.127. The Morgan fingerprint density at radius 1 is 1.31 bits per heavy atom. The van der Waals surface area contributed by atoms with Crippen molar-refractivity contribution < 1.29 is 18.3 Å². The van der Waals surface area contributed by atoms with Crippen molar-refractivity contribution in [2.45, 2.75) is 6.92 Å². The molecule has 1 aromatic heterocycles. The zero-order chi connectivity index (χ0) is 11.7. The quantitative estimate of drug-likeness (QED) is 0.697. The highest BCUT2D eigenvalue weighted by atomic mass is 19.2. The molecule has 3 nitrogen and oxygen atoms in total. The van der Waals surface area contributed by atoms with Gasteiger partial charge in [-0.3, -0.25) is 9.78 Å². The Morgan fingerprint density at radius 2 is 2.06 bits per heavy atom. The number of hydrogen-bond acceptors (Lipinski definition) is 3. The lowest BCUT2D eigenvalue weighted by Crippen LogP contribution is -2.03. The average molecular weight is 223 g/mol. The maximum atomic E-state index is 13.5. The topological polar surface area (TPSA) is 39.2 Å². The molecular formula is C11H7F2NO2. The molecule has 0 bridgehead atoms. The first-order valence-electron chi connectivity index (χ1n) is 4.50. The van der Waals surface area contributed by atoms with Gasteiger partial charge < -0.3 is 4.74 Å². The smallest absolute Gasteiger partial charge is 0.308 e. The molecule has 0 saturated carbocycles. The third-order valence-corrected chi connectivity index (χ3v) is 2.01. The van der Waals surface area contributed by atoms with Crippen LogP contribution in [0.2, 0.25) is 0 Å². The molecule has 0 amide bonds. The minimum atomic E-state index is -1.07. The SMILES string of the molecule is CC(=O)Oc1ccnc2ccc(F)c(F)c12. The first-order valence-corrected chi connectivity index (χ1v) is 4.50. The fourth-order valence-electron chi connectivity index (χ4n) is 1.39.